The summed E-state index contributed by atoms with van der Waals surface area (Å²) in [6.07, 6.45) is -4.86. The van der Waals surface area contributed by atoms with Crippen LogP contribution in [-0.2, 0) is 17.6 Å². The van der Waals surface area contributed by atoms with Gasteiger partial charge in [-0.1, -0.05) is 48.2 Å². The number of carbonyl (C=O) groups is 1. The summed E-state index contributed by atoms with van der Waals surface area (Å²) in [5, 5.41) is 14.9. The van der Waals surface area contributed by atoms with Gasteiger partial charge in [-0.05, 0) is 49.4 Å². The number of carbonyl (C=O) groups excluding carboxylic acids is 1. The van der Waals surface area contributed by atoms with Gasteiger partial charge in [0.2, 0.25) is 5.91 Å². The van der Waals surface area contributed by atoms with Crippen LogP contribution < -0.4 is 11.1 Å². The summed E-state index contributed by atoms with van der Waals surface area (Å²) >= 11 is 1.15. The molecule has 0 radical (unpaired) electrons. The Labute approximate surface area is 189 Å². The van der Waals surface area contributed by atoms with Crippen LogP contribution in [-0.4, -0.2) is 16.0 Å². The van der Waals surface area contributed by atoms with Crippen molar-refractivity contribution in [3.05, 3.63) is 76.1 Å². The highest BCUT2D eigenvalue weighted by Gasteiger charge is 2.08. The number of nitrogens with zero attached hydrogens (tertiary/aromatic N) is 1. The fourth-order valence-electron chi connectivity index (χ4n) is 2.46. The molecule has 0 bridgehead atoms. The molecule has 2 aromatic carbocycles. The van der Waals surface area contributed by atoms with Gasteiger partial charge in [0.05, 0.1) is 29.2 Å². The van der Waals surface area contributed by atoms with Crippen LogP contribution in [0.25, 0.3) is 0 Å². The fraction of sp³-hybridized carbons (Fsp3) is 0.304. The van der Waals surface area contributed by atoms with Crippen LogP contribution in [0.15, 0.2) is 53.7 Å². The quantitative estimate of drug-likeness (QED) is 0.471. The molecule has 0 spiro atoms. The number of nitrogen functional groups attached to an aromatic ring is 1. The van der Waals surface area contributed by atoms with Crippen molar-refractivity contribution in [1.29, 1.82) is 0 Å². The highest BCUT2D eigenvalue weighted by Crippen LogP contribution is 2.21. The zero-order valence-electron chi connectivity index (χ0n) is 25.8. The largest absolute Gasteiger partial charge is 0.388 e. The number of aromatic nitrogens is 1. The number of benzene rings is 2. The molecule has 3 rings (SSSR count). The molecule has 3 aromatic rings. The van der Waals surface area contributed by atoms with Crippen LogP contribution in [0.5, 0.6) is 0 Å². The first-order valence-corrected chi connectivity index (χ1v) is 9.77. The van der Waals surface area contributed by atoms with Gasteiger partial charge in [-0.3, -0.25) is 4.79 Å². The van der Waals surface area contributed by atoms with E-state index in [0.717, 1.165) is 11.3 Å². The third kappa shape index (κ3) is 6.69. The number of aliphatic hydroxyl groups excluding tert-OH is 1. The monoisotopic (exact) mass is 419 g/mol. The van der Waals surface area contributed by atoms with E-state index in [4.69, 9.17) is 19.4 Å². The number of nitrogens with two attached hydrogens (primary N) is 1. The maximum Gasteiger partial charge on any atom is 0.230 e. The molecule has 1 amide bonds. The van der Waals surface area contributed by atoms with E-state index in [1.807, 2.05) is 0 Å². The van der Waals surface area contributed by atoms with Crippen molar-refractivity contribution < 1.29 is 23.6 Å². The molecule has 5 nitrogen and oxygen atoms in total. The van der Waals surface area contributed by atoms with Gasteiger partial charge >= 0.3 is 0 Å². The standard InChI is InChI=1S/C23H27N3O2S/c1-16-5-4-7-18(13-16)21(27)8-3-2-6-17-9-11-19(12-10-17)25-22(28)14-20-15-29-23(24)26-20/h4-5,7,9-13,15,21,27H,2-3,6,8,14H2,1H3,(H2,24,26)(H,25,28)/t21-/m0/s1/i2D2,4D,5D,7D,9D,10D,11D,12D,13D. The average molecular weight is 420 g/mol. The second kappa shape index (κ2) is 10.2. The Morgan fingerprint density at radius 1 is 1.34 bits per heavy atom. The predicted octanol–water partition coefficient (Wildman–Crippen LogP) is 4.66. The lowest BCUT2D eigenvalue weighted by molar-refractivity contribution is -0.115. The van der Waals surface area contributed by atoms with Crippen molar-refractivity contribution in [3.63, 3.8) is 0 Å². The molecule has 1 atom stereocenters. The predicted molar refractivity (Wildman–Crippen MR) is 119 cm³/mol. The molecule has 0 aliphatic heterocycles. The summed E-state index contributed by atoms with van der Waals surface area (Å²) in [6.45, 7) is 1.43. The molecular formula is C23H27N3O2S. The van der Waals surface area contributed by atoms with E-state index in [1.54, 1.807) is 5.38 Å². The van der Waals surface area contributed by atoms with Crippen molar-refractivity contribution in [2.45, 2.75) is 45.1 Å². The third-order valence-corrected chi connectivity index (χ3v) is 4.57. The normalized spacial score (nSPS) is 17.3. The lowest BCUT2D eigenvalue weighted by Gasteiger charge is -2.11. The van der Waals surface area contributed by atoms with Gasteiger partial charge in [0.1, 0.15) is 0 Å². The minimum atomic E-state index is -2.11. The molecule has 1 aromatic heterocycles. The molecule has 0 unspecified atom stereocenters. The van der Waals surface area contributed by atoms with Gasteiger partial charge < -0.3 is 16.2 Å². The lowest BCUT2D eigenvalue weighted by Crippen LogP contribution is -2.14. The van der Waals surface area contributed by atoms with Crippen molar-refractivity contribution in [2.24, 2.45) is 0 Å². The van der Waals surface area contributed by atoms with Crippen LogP contribution in [0.2, 0.25) is 0 Å². The molecule has 4 N–H and O–H groups in total. The van der Waals surface area contributed by atoms with Crippen LogP contribution in [0.3, 0.4) is 0 Å². The number of anilines is 2. The molecule has 29 heavy (non-hydrogen) atoms. The molecule has 1 heterocycles. The summed E-state index contributed by atoms with van der Waals surface area (Å²) in [6, 6.07) is -3.57. The van der Waals surface area contributed by atoms with Crippen LogP contribution >= 0.6 is 11.3 Å². The smallest absolute Gasteiger partial charge is 0.230 e. The Balaban J connectivity index is 1.78. The molecule has 0 saturated heterocycles. The molecule has 0 aliphatic rings. The van der Waals surface area contributed by atoms with E-state index in [-0.39, 0.29) is 58.9 Å². The number of nitrogens with one attached hydrogen (secondary N) is 1. The summed E-state index contributed by atoms with van der Waals surface area (Å²) in [4.78, 5) is 16.4. The van der Waals surface area contributed by atoms with E-state index in [0.29, 0.717) is 5.69 Å². The number of amides is 1. The van der Waals surface area contributed by atoms with E-state index in [1.165, 1.54) is 6.92 Å². The zero-order valence-corrected chi connectivity index (χ0v) is 16.6. The zero-order chi connectivity index (χ0) is 29.4. The van der Waals surface area contributed by atoms with E-state index in [2.05, 4.69) is 10.3 Å². The second-order valence-corrected chi connectivity index (χ2v) is 7.17. The molecule has 0 saturated carbocycles. The Hall–Kier alpha value is -2.70. The van der Waals surface area contributed by atoms with Crippen molar-refractivity contribution in [2.75, 3.05) is 11.1 Å². The second-order valence-electron chi connectivity index (χ2n) is 6.28. The maximum absolute atomic E-state index is 12.4. The fourth-order valence-corrected chi connectivity index (χ4v) is 3.02. The minimum absolute atomic E-state index is 0.125. The highest BCUT2D eigenvalue weighted by atomic mass is 32.1. The van der Waals surface area contributed by atoms with Gasteiger partial charge in [-0.15, -0.1) is 11.3 Å². The number of aliphatic hydroxyl groups is 1. The molecule has 0 aliphatic carbocycles. The van der Waals surface area contributed by atoms with Crippen molar-refractivity contribution in [1.82, 2.24) is 4.98 Å². The molecule has 0 fully saturated rings. The first kappa shape index (κ1) is 11.5. The van der Waals surface area contributed by atoms with E-state index >= 15 is 0 Å². The molecular weight excluding hydrogens is 382 g/mol. The Morgan fingerprint density at radius 3 is 2.86 bits per heavy atom. The number of thiazole rings is 1. The average Bonchev–Trinajstić information content (AvgIpc) is 3.28. The van der Waals surface area contributed by atoms with Gasteiger partial charge in [0.15, 0.2) is 5.13 Å². The highest BCUT2D eigenvalue weighted by molar-refractivity contribution is 7.13. The Kier molecular flexibility index (Phi) is 4.03. The topological polar surface area (TPSA) is 88.2 Å². The number of rotatable bonds is 9. The third-order valence-electron chi connectivity index (χ3n) is 3.85. The summed E-state index contributed by atoms with van der Waals surface area (Å²) in [5.41, 5.74) is 5.34. The molecule has 152 valence electrons. The van der Waals surface area contributed by atoms with Crippen molar-refractivity contribution in [3.8, 4) is 0 Å². The van der Waals surface area contributed by atoms with Gasteiger partial charge in [0, 0.05) is 13.8 Å². The van der Waals surface area contributed by atoms with Crippen LogP contribution in [0.1, 0.15) is 61.4 Å². The number of hydrogen-bond acceptors (Lipinski definition) is 5. The van der Waals surface area contributed by atoms with Gasteiger partial charge in [-0.25, -0.2) is 4.98 Å². The first-order valence-electron chi connectivity index (χ1n) is 13.9. The first-order chi connectivity index (χ1) is 18.1. The lowest BCUT2D eigenvalue weighted by atomic mass is 10.00. The summed E-state index contributed by atoms with van der Waals surface area (Å²) in [7, 11) is 0. The van der Waals surface area contributed by atoms with E-state index in [9.17, 15) is 9.90 Å². The SMILES string of the molecule is [2H]c1c([2H])c(C)c([2H])c([C@@H](O)CCC([2H])([2H])Cc2c([2H])c([2H])c(NC(=O)Cc3csc(N)n3)c([2H])c2[2H])c1[2H]. The van der Waals surface area contributed by atoms with Gasteiger partial charge in [0.25, 0.3) is 0 Å². The minimum Gasteiger partial charge on any atom is -0.388 e. The Morgan fingerprint density at radius 2 is 2.14 bits per heavy atom. The van der Waals surface area contributed by atoms with Crippen molar-refractivity contribution >= 4 is 28.1 Å². The summed E-state index contributed by atoms with van der Waals surface area (Å²) < 4.78 is 81.8. The van der Waals surface area contributed by atoms with E-state index < -0.39 is 61.1 Å². The van der Waals surface area contributed by atoms with Crippen LogP contribution in [0.4, 0.5) is 10.8 Å². The summed E-state index contributed by atoms with van der Waals surface area (Å²) in [5.74, 6) is -0.620. The van der Waals surface area contributed by atoms with Crippen LogP contribution in [0, 0.1) is 6.92 Å². The molecule has 6 heteroatoms. The number of hydrogen-bond donors (Lipinski definition) is 3. The Bertz CT molecular complexity index is 1370. The van der Waals surface area contributed by atoms with Gasteiger partial charge in [-0.2, -0.15) is 0 Å². The maximum atomic E-state index is 12.4.